The fraction of sp³-hybridized carbons (Fsp3) is 0.0769. The lowest BCUT2D eigenvalue weighted by Gasteiger charge is -1.98. The van der Waals surface area contributed by atoms with Crippen molar-refractivity contribution in [1.82, 2.24) is 9.78 Å². The Kier molecular flexibility index (Phi) is 2.45. The van der Waals surface area contributed by atoms with Crippen LogP contribution in [0.5, 0.6) is 0 Å². The van der Waals surface area contributed by atoms with Gasteiger partial charge in [0.05, 0.1) is 6.20 Å². The number of nitrogens with zero attached hydrogens (tertiary/aromatic N) is 2. The molecule has 0 aliphatic carbocycles. The van der Waals surface area contributed by atoms with Crippen LogP contribution >= 0.6 is 11.6 Å². The molecule has 0 saturated carbocycles. The Hall–Kier alpha value is -2.07. The second-order valence-electron chi connectivity index (χ2n) is 4.15. The van der Waals surface area contributed by atoms with Gasteiger partial charge in [0.1, 0.15) is 0 Å². The van der Waals surface area contributed by atoms with Crippen LogP contribution in [0.15, 0.2) is 30.6 Å². The molecule has 0 atom stereocenters. The number of anilines is 1. The quantitative estimate of drug-likeness (QED) is 0.800. The van der Waals surface area contributed by atoms with Crippen LogP contribution in [0.1, 0.15) is 11.1 Å². The van der Waals surface area contributed by atoms with E-state index >= 15 is 0 Å². The lowest BCUT2D eigenvalue weighted by atomic mass is 10.1. The molecule has 1 aliphatic rings. The van der Waals surface area contributed by atoms with Gasteiger partial charge in [-0.1, -0.05) is 11.6 Å². The minimum absolute atomic E-state index is 0.115. The smallest absolute Gasteiger partial charge is 0.256 e. The summed E-state index contributed by atoms with van der Waals surface area (Å²) < 4.78 is 1.69. The van der Waals surface area contributed by atoms with Gasteiger partial charge in [0.2, 0.25) is 0 Å². The summed E-state index contributed by atoms with van der Waals surface area (Å²) >= 11 is 5.96. The first kappa shape index (κ1) is 11.0. The van der Waals surface area contributed by atoms with Gasteiger partial charge in [0.25, 0.3) is 5.91 Å². The second kappa shape index (κ2) is 3.99. The maximum Gasteiger partial charge on any atom is 0.256 e. The predicted molar refractivity (Wildman–Crippen MR) is 71.2 cm³/mol. The number of carbonyl (C=O) groups excluding carboxylic acids is 1. The highest BCUT2D eigenvalue weighted by molar-refractivity contribution is 6.36. The fourth-order valence-electron chi connectivity index (χ4n) is 1.98. The van der Waals surface area contributed by atoms with E-state index in [0.717, 1.165) is 16.8 Å². The third kappa shape index (κ3) is 1.80. The first-order chi connectivity index (χ1) is 8.63. The first-order valence-electron chi connectivity index (χ1n) is 5.45. The van der Waals surface area contributed by atoms with E-state index in [1.54, 1.807) is 29.1 Å². The van der Waals surface area contributed by atoms with Crippen molar-refractivity contribution in [2.24, 2.45) is 7.05 Å². The normalized spacial score (nSPS) is 15.9. The van der Waals surface area contributed by atoms with Crippen LogP contribution in [0.4, 0.5) is 5.69 Å². The molecule has 4 nitrogen and oxygen atoms in total. The summed E-state index contributed by atoms with van der Waals surface area (Å²) in [5, 5.41) is 7.49. The van der Waals surface area contributed by atoms with Crippen molar-refractivity contribution in [1.29, 1.82) is 0 Å². The van der Waals surface area contributed by atoms with Crippen molar-refractivity contribution in [2.75, 3.05) is 5.32 Å². The Labute approximate surface area is 109 Å². The molecule has 1 aromatic heterocycles. The molecule has 1 N–H and O–H groups in total. The third-order valence-corrected chi connectivity index (χ3v) is 3.04. The van der Waals surface area contributed by atoms with Crippen LogP contribution in [0, 0.1) is 0 Å². The molecule has 2 aromatic rings. The topological polar surface area (TPSA) is 46.9 Å². The number of rotatable bonds is 1. The van der Waals surface area contributed by atoms with Crippen LogP contribution in [0.2, 0.25) is 5.02 Å². The Balaban J connectivity index is 2.11. The summed E-state index contributed by atoms with van der Waals surface area (Å²) in [6.07, 6.45) is 5.37. The summed E-state index contributed by atoms with van der Waals surface area (Å²) in [5.74, 6) is -0.115. The molecule has 0 unspecified atom stereocenters. The van der Waals surface area contributed by atoms with Crippen molar-refractivity contribution in [3.8, 4) is 0 Å². The number of aryl methyl sites for hydroxylation is 1. The number of halogens is 1. The van der Waals surface area contributed by atoms with Gasteiger partial charge in [0.15, 0.2) is 0 Å². The lowest BCUT2D eigenvalue weighted by Crippen LogP contribution is -2.03. The molecule has 0 bridgehead atoms. The predicted octanol–water partition coefficient (Wildman–Crippen LogP) is 2.57. The average Bonchev–Trinajstić information content (AvgIpc) is 2.86. The Morgan fingerprint density at radius 2 is 2.28 bits per heavy atom. The summed E-state index contributed by atoms with van der Waals surface area (Å²) in [5.41, 5.74) is 3.12. The maximum atomic E-state index is 11.9. The molecular weight excluding hydrogens is 250 g/mol. The molecule has 18 heavy (non-hydrogen) atoms. The molecular formula is C13H10ClN3O. The number of fused-ring (bicyclic) bond motifs is 1. The van der Waals surface area contributed by atoms with Crippen molar-refractivity contribution in [2.45, 2.75) is 0 Å². The molecule has 0 fully saturated rings. The molecule has 2 heterocycles. The highest BCUT2D eigenvalue weighted by Crippen LogP contribution is 2.34. The zero-order chi connectivity index (χ0) is 12.7. The van der Waals surface area contributed by atoms with Gasteiger partial charge >= 0.3 is 0 Å². The van der Waals surface area contributed by atoms with Crippen LogP contribution in [0.3, 0.4) is 0 Å². The molecule has 0 radical (unpaired) electrons. The molecule has 1 aliphatic heterocycles. The molecule has 5 heteroatoms. The summed E-state index contributed by atoms with van der Waals surface area (Å²) in [4.78, 5) is 11.9. The van der Waals surface area contributed by atoms with E-state index in [9.17, 15) is 4.79 Å². The van der Waals surface area contributed by atoms with Gasteiger partial charge < -0.3 is 5.32 Å². The second-order valence-corrected chi connectivity index (χ2v) is 4.59. The minimum atomic E-state index is -0.115. The van der Waals surface area contributed by atoms with E-state index in [1.807, 2.05) is 19.3 Å². The van der Waals surface area contributed by atoms with Crippen LogP contribution in [-0.2, 0) is 11.8 Å². The SMILES string of the molecule is Cn1cc(/C=C2/C(=O)Nc3ccc(Cl)cc32)cn1. The Morgan fingerprint density at radius 3 is 3.00 bits per heavy atom. The summed E-state index contributed by atoms with van der Waals surface area (Å²) in [6, 6.07) is 5.35. The Bertz CT molecular complexity index is 673. The zero-order valence-corrected chi connectivity index (χ0v) is 10.4. The number of amides is 1. The molecule has 1 amide bonds. The van der Waals surface area contributed by atoms with E-state index < -0.39 is 0 Å². The van der Waals surface area contributed by atoms with Crippen molar-refractivity contribution < 1.29 is 4.79 Å². The highest BCUT2D eigenvalue weighted by Gasteiger charge is 2.24. The maximum absolute atomic E-state index is 11.9. The fourth-order valence-corrected chi connectivity index (χ4v) is 2.16. The van der Waals surface area contributed by atoms with Gasteiger partial charge in [-0.2, -0.15) is 5.10 Å². The summed E-state index contributed by atoms with van der Waals surface area (Å²) in [7, 11) is 1.83. The van der Waals surface area contributed by atoms with Crippen molar-refractivity contribution in [3.63, 3.8) is 0 Å². The van der Waals surface area contributed by atoms with E-state index in [0.29, 0.717) is 10.6 Å². The molecule has 1 aromatic carbocycles. The molecule has 0 saturated heterocycles. The minimum Gasteiger partial charge on any atom is -0.321 e. The number of carbonyl (C=O) groups is 1. The molecule has 0 spiro atoms. The van der Waals surface area contributed by atoms with Crippen LogP contribution < -0.4 is 5.32 Å². The third-order valence-electron chi connectivity index (χ3n) is 2.80. The highest BCUT2D eigenvalue weighted by atomic mass is 35.5. The molecule has 90 valence electrons. The van der Waals surface area contributed by atoms with E-state index in [4.69, 9.17) is 11.6 Å². The number of aromatic nitrogens is 2. The van der Waals surface area contributed by atoms with Crippen molar-refractivity contribution in [3.05, 3.63) is 46.7 Å². The van der Waals surface area contributed by atoms with E-state index in [-0.39, 0.29) is 5.91 Å². The lowest BCUT2D eigenvalue weighted by molar-refractivity contribution is -0.110. The van der Waals surface area contributed by atoms with Gasteiger partial charge in [-0.15, -0.1) is 0 Å². The van der Waals surface area contributed by atoms with Gasteiger partial charge in [-0.05, 0) is 24.3 Å². The number of hydrogen-bond donors (Lipinski definition) is 1. The van der Waals surface area contributed by atoms with Crippen molar-refractivity contribution >= 4 is 34.8 Å². The first-order valence-corrected chi connectivity index (χ1v) is 5.83. The standard InChI is InChI=1S/C13H10ClN3O/c1-17-7-8(6-15-17)4-11-10-5-9(14)2-3-12(10)16-13(11)18/h2-7H,1H3,(H,16,18)/b11-4+. The van der Waals surface area contributed by atoms with E-state index in [2.05, 4.69) is 10.4 Å². The van der Waals surface area contributed by atoms with Gasteiger partial charge in [0, 0.05) is 40.7 Å². The van der Waals surface area contributed by atoms with Crippen LogP contribution in [0.25, 0.3) is 11.6 Å². The monoisotopic (exact) mass is 259 g/mol. The zero-order valence-electron chi connectivity index (χ0n) is 9.64. The Morgan fingerprint density at radius 1 is 1.44 bits per heavy atom. The largest absolute Gasteiger partial charge is 0.321 e. The molecule has 3 rings (SSSR count). The number of benzene rings is 1. The number of nitrogens with one attached hydrogen (secondary N) is 1. The average molecular weight is 260 g/mol. The van der Waals surface area contributed by atoms with Crippen LogP contribution in [-0.4, -0.2) is 15.7 Å². The van der Waals surface area contributed by atoms with Gasteiger partial charge in [-0.25, -0.2) is 0 Å². The van der Waals surface area contributed by atoms with Gasteiger partial charge in [-0.3, -0.25) is 9.48 Å². The van der Waals surface area contributed by atoms with E-state index in [1.165, 1.54) is 0 Å². The number of hydrogen-bond acceptors (Lipinski definition) is 2. The summed E-state index contributed by atoms with van der Waals surface area (Å²) in [6.45, 7) is 0.